The minimum atomic E-state index is -1.49. The average molecular weight is 927 g/mol. The van der Waals surface area contributed by atoms with Gasteiger partial charge >= 0.3 is 6.09 Å². The standard InChI is InChI=1S/C56H66N2O10/c1-6-8-31-62-54(61)58(36-38-20-26-49-50(32-38)64-37-63-49)51-35-47(57-68-55(3,4)5)45-33-41(18-12-14-28-59)44(19-13-15-29-60)52-46-34-43(25-27-48(46)67-56(51,53(45)52)65-30-7-2)66-42-23-21-40(22-24-42)39-16-10-9-11-17-39/h6-7,9-11,16-17,20-27,32-34,41,44,51-53,59-60H,1-2,8,12-15,18-19,28-31,35-37H2,3-5H3. The molecule has 2 heterocycles. The van der Waals surface area contributed by atoms with Gasteiger partial charge in [-0.15, -0.1) is 13.2 Å². The van der Waals surface area contributed by atoms with Gasteiger partial charge in [0.05, 0.1) is 24.8 Å². The molecule has 2 aliphatic carbocycles. The predicted octanol–water partition coefficient (Wildman–Crippen LogP) is 11.5. The number of hydrogen-bond acceptors (Lipinski definition) is 11. The Hall–Kier alpha value is -6.08. The molecular weight excluding hydrogens is 861 g/mol. The van der Waals surface area contributed by atoms with E-state index in [1.807, 2.05) is 81.4 Å². The van der Waals surface area contributed by atoms with E-state index in [0.29, 0.717) is 53.7 Å². The van der Waals surface area contributed by atoms with Crippen LogP contribution in [0.15, 0.2) is 133 Å². The highest BCUT2D eigenvalue weighted by Crippen LogP contribution is 2.62. The van der Waals surface area contributed by atoms with Gasteiger partial charge in [-0.05, 0) is 129 Å². The molecular formula is C56H66N2O10. The molecule has 6 atom stereocenters. The van der Waals surface area contributed by atoms with E-state index in [1.54, 1.807) is 17.1 Å². The lowest BCUT2D eigenvalue weighted by Crippen LogP contribution is -2.70. The van der Waals surface area contributed by atoms with Crippen molar-refractivity contribution in [2.24, 2.45) is 22.9 Å². The molecule has 4 aliphatic rings. The molecule has 0 saturated heterocycles. The number of rotatable bonds is 21. The van der Waals surface area contributed by atoms with E-state index in [9.17, 15) is 15.0 Å². The summed E-state index contributed by atoms with van der Waals surface area (Å²) in [7, 11) is 0. The molecule has 1 saturated carbocycles. The van der Waals surface area contributed by atoms with Crippen LogP contribution in [0, 0.1) is 17.8 Å². The number of unbranched alkanes of at least 4 members (excludes halogenated alkanes) is 2. The van der Waals surface area contributed by atoms with E-state index in [0.717, 1.165) is 53.5 Å². The van der Waals surface area contributed by atoms with Gasteiger partial charge in [-0.1, -0.05) is 84.8 Å². The van der Waals surface area contributed by atoms with Crippen LogP contribution in [0.4, 0.5) is 4.79 Å². The summed E-state index contributed by atoms with van der Waals surface area (Å²) in [6.45, 7) is 14.5. The Kier molecular flexibility index (Phi) is 15.6. The molecule has 68 heavy (non-hydrogen) atoms. The molecule has 0 aromatic heterocycles. The molecule has 4 aromatic rings. The molecule has 2 N–H and O–H groups in total. The molecule has 4 aromatic carbocycles. The minimum absolute atomic E-state index is 0.0224. The van der Waals surface area contributed by atoms with Crippen molar-refractivity contribution in [1.82, 2.24) is 4.90 Å². The fraction of sp³-hybridized carbons (Fsp3) is 0.429. The summed E-state index contributed by atoms with van der Waals surface area (Å²) in [6.07, 6.45) is 10.4. The van der Waals surface area contributed by atoms with Crippen LogP contribution < -0.4 is 18.9 Å². The third kappa shape index (κ3) is 10.8. The van der Waals surface area contributed by atoms with E-state index >= 15 is 0 Å². The maximum Gasteiger partial charge on any atom is 0.410 e. The molecule has 0 spiro atoms. The third-order valence-corrected chi connectivity index (χ3v) is 13.2. The van der Waals surface area contributed by atoms with Crippen molar-refractivity contribution in [3.8, 4) is 39.9 Å². The second-order valence-electron chi connectivity index (χ2n) is 19.0. The Balaban J connectivity index is 1.31. The van der Waals surface area contributed by atoms with Crippen molar-refractivity contribution < 1.29 is 48.3 Å². The first-order valence-corrected chi connectivity index (χ1v) is 24.1. The van der Waals surface area contributed by atoms with Crippen molar-refractivity contribution in [3.05, 3.63) is 139 Å². The minimum Gasteiger partial charge on any atom is -0.459 e. The second-order valence-corrected chi connectivity index (χ2v) is 19.0. The van der Waals surface area contributed by atoms with Gasteiger partial charge in [-0.25, -0.2) is 4.79 Å². The molecule has 8 rings (SSSR count). The first kappa shape index (κ1) is 48.4. The number of fused-ring (bicyclic) bond motifs is 3. The zero-order valence-electron chi connectivity index (χ0n) is 39.6. The number of amides is 1. The van der Waals surface area contributed by atoms with E-state index in [1.165, 1.54) is 0 Å². The van der Waals surface area contributed by atoms with Crippen LogP contribution in [-0.4, -0.2) is 77.6 Å². The summed E-state index contributed by atoms with van der Waals surface area (Å²) in [5.74, 6) is 0.984. The fourth-order valence-corrected chi connectivity index (χ4v) is 10.2. The summed E-state index contributed by atoms with van der Waals surface area (Å²) in [5.41, 5.74) is 4.94. The second kappa shape index (κ2) is 21.9. The first-order chi connectivity index (χ1) is 33.0. The molecule has 360 valence electrons. The lowest BCUT2D eigenvalue weighted by Gasteiger charge is -2.60. The van der Waals surface area contributed by atoms with Gasteiger partial charge in [-0.2, -0.15) is 0 Å². The molecule has 1 amide bonds. The number of aliphatic hydroxyl groups excluding tert-OH is 2. The molecule has 12 nitrogen and oxygen atoms in total. The zero-order valence-corrected chi connectivity index (χ0v) is 39.6. The van der Waals surface area contributed by atoms with Gasteiger partial charge in [0.15, 0.2) is 11.5 Å². The van der Waals surface area contributed by atoms with E-state index in [2.05, 4.69) is 49.6 Å². The van der Waals surface area contributed by atoms with Crippen LogP contribution in [0.1, 0.15) is 89.2 Å². The zero-order chi connectivity index (χ0) is 47.7. The number of allylic oxidation sites excluding steroid dienone is 1. The number of hydrogen-bond donors (Lipinski definition) is 2. The molecule has 12 heteroatoms. The van der Waals surface area contributed by atoms with Crippen LogP contribution in [0.5, 0.6) is 28.7 Å². The van der Waals surface area contributed by atoms with Gasteiger partial charge < -0.3 is 43.5 Å². The van der Waals surface area contributed by atoms with E-state index < -0.39 is 29.4 Å². The highest BCUT2D eigenvalue weighted by atomic mass is 16.7. The SMILES string of the molecule is C=CCCOC(=O)N(Cc1ccc2c(c1)OCO2)C1CC(=NOC(C)(C)C)C2=CC(CCCCO)C(CCCCO)C3c4cc(Oc5ccc(-c6ccccc6)cc5)ccc4OC1(OCC=C)C23. The number of carbonyl (C=O) groups excluding carboxylic acids is 1. The molecule has 2 aliphatic heterocycles. The smallest absolute Gasteiger partial charge is 0.410 e. The quantitative estimate of drug-likeness (QED) is 0.0472. The summed E-state index contributed by atoms with van der Waals surface area (Å²) < 4.78 is 38.8. The lowest BCUT2D eigenvalue weighted by molar-refractivity contribution is -0.256. The maximum atomic E-state index is 14.9. The Morgan fingerprint density at radius 1 is 0.853 bits per heavy atom. The summed E-state index contributed by atoms with van der Waals surface area (Å²) in [6, 6.07) is 29.1. The van der Waals surface area contributed by atoms with Gasteiger partial charge in [0.1, 0.15) is 28.9 Å². The Bertz CT molecular complexity index is 2430. The van der Waals surface area contributed by atoms with Crippen LogP contribution in [0.3, 0.4) is 0 Å². The highest BCUT2D eigenvalue weighted by Gasteiger charge is 2.66. The topological polar surface area (TPSA) is 138 Å². The van der Waals surface area contributed by atoms with Crippen molar-refractivity contribution in [1.29, 1.82) is 0 Å². The van der Waals surface area contributed by atoms with Crippen LogP contribution in [0.25, 0.3) is 11.1 Å². The Morgan fingerprint density at radius 3 is 2.31 bits per heavy atom. The molecule has 0 bridgehead atoms. The monoisotopic (exact) mass is 926 g/mol. The van der Waals surface area contributed by atoms with E-state index in [-0.39, 0.29) is 63.9 Å². The van der Waals surface area contributed by atoms with Crippen molar-refractivity contribution >= 4 is 11.8 Å². The fourth-order valence-electron chi connectivity index (χ4n) is 10.2. The summed E-state index contributed by atoms with van der Waals surface area (Å²) in [5, 5.41) is 25.1. The van der Waals surface area contributed by atoms with Gasteiger partial charge in [0.25, 0.3) is 0 Å². The van der Waals surface area contributed by atoms with Crippen LogP contribution in [0.2, 0.25) is 0 Å². The van der Waals surface area contributed by atoms with Crippen LogP contribution in [-0.2, 0) is 20.9 Å². The number of carbonyl (C=O) groups is 1. The number of nitrogens with zero attached hydrogens (tertiary/aromatic N) is 2. The number of ether oxygens (including phenoxy) is 6. The van der Waals surface area contributed by atoms with E-state index in [4.69, 9.17) is 38.4 Å². The molecule has 1 fully saturated rings. The van der Waals surface area contributed by atoms with Crippen molar-refractivity contribution in [2.75, 3.05) is 33.2 Å². The van der Waals surface area contributed by atoms with Gasteiger partial charge in [0, 0.05) is 37.7 Å². The maximum absolute atomic E-state index is 14.9. The van der Waals surface area contributed by atoms with Crippen molar-refractivity contribution in [2.45, 2.75) is 102 Å². The normalized spacial score (nSPS) is 22.8. The summed E-state index contributed by atoms with van der Waals surface area (Å²) in [4.78, 5) is 22.9. The first-order valence-electron chi connectivity index (χ1n) is 24.1. The number of benzene rings is 4. The van der Waals surface area contributed by atoms with Gasteiger partial charge in [0.2, 0.25) is 12.6 Å². The Labute approximate surface area is 400 Å². The largest absolute Gasteiger partial charge is 0.459 e. The third-order valence-electron chi connectivity index (χ3n) is 13.2. The predicted molar refractivity (Wildman–Crippen MR) is 262 cm³/mol. The Morgan fingerprint density at radius 2 is 1.57 bits per heavy atom. The average Bonchev–Trinajstić information content (AvgIpc) is 3.82. The summed E-state index contributed by atoms with van der Waals surface area (Å²) >= 11 is 0. The van der Waals surface area contributed by atoms with Crippen LogP contribution >= 0.6 is 0 Å². The number of aliphatic hydroxyl groups is 2. The van der Waals surface area contributed by atoms with Crippen molar-refractivity contribution in [3.63, 3.8) is 0 Å². The molecule has 6 unspecified atom stereocenters. The highest BCUT2D eigenvalue weighted by molar-refractivity contribution is 6.03. The lowest BCUT2D eigenvalue weighted by atomic mass is 9.55. The van der Waals surface area contributed by atoms with Gasteiger partial charge in [-0.3, -0.25) is 4.90 Å². The number of oxime groups is 1. The molecule has 0 radical (unpaired) electrons.